The van der Waals surface area contributed by atoms with Gasteiger partial charge >= 0.3 is 5.97 Å². The van der Waals surface area contributed by atoms with Crippen LogP contribution in [0.2, 0.25) is 0 Å². The lowest BCUT2D eigenvalue weighted by atomic mass is 10.1. The molecule has 1 N–H and O–H groups in total. The third-order valence-electron chi connectivity index (χ3n) is 3.57. The van der Waals surface area contributed by atoms with E-state index in [0.717, 1.165) is 11.1 Å². The number of hydrogen-bond acceptors (Lipinski definition) is 2. The molecule has 4 nitrogen and oxygen atoms in total. The molecule has 0 aliphatic rings. The van der Waals surface area contributed by atoms with Gasteiger partial charge in [-0.15, -0.1) is 0 Å². The van der Waals surface area contributed by atoms with Gasteiger partial charge in [-0.2, -0.15) is 0 Å². The van der Waals surface area contributed by atoms with Gasteiger partial charge in [0.1, 0.15) is 5.82 Å². The van der Waals surface area contributed by atoms with E-state index in [9.17, 15) is 9.18 Å². The van der Waals surface area contributed by atoms with Crippen molar-refractivity contribution in [2.45, 2.75) is 13.0 Å². The van der Waals surface area contributed by atoms with Gasteiger partial charge in [0.2, 0.25) is 0 Å². The van der Waals surface area contributed by atoms with E-state index in [1.165, 1.54) is 18.2 Å². The van der Waals surface area contributed by atoms with Crippen LogP contribution in [0.4, 0.5) is 4.39 Å². The molecule has 1 unspecified atom stereocenters. The molecule has 0 saturated heterocycles. The Morgan fingerprint density at radius 2 is 2.10 bits per heavy atom. The lowest BCUT2D eigenvalue weighted by molar-refractivity contribution is 0.0697. The number of aromatic nitrogens is 2. The van der Waals surface area contributed by atoms with E-state index in [-0.39, 0.29) is 17.4 Å². The fourth-order valence-electron chi connectivity index (χ4n) is 2.40. The van der Waals surface area contributed by atoms with Gasteiger partial charge in [0.05, 0.1) is 29.0 Å². The first-order valence-electron chi connectivity index (χ1n) is 6.51. The summed E-state index contributed by atoms with van der Waals surface area (Å²) >= 11 is 0. The Bertz CT molecular complexity index is 826. The minimum atomic E-state index is -0.982. The quantitative estimate of drug-likeness (QED) is 0.801. The number of hydrogen-bond donors (Lipinski definition) is 1. The Hall–Kier alpha value is -2.69. The Morgan fingerprint density at radius 1 is 1.29 bits per heavy atom. The van der Waals surface area contributed by atoms with Gasteiger partial charge in [-0.3, -0.25) is 0 Å². The van der Waals surface area contributed by atoms with E-state index < -0.39 is 5.97 Å². The average Bonchev–Trinajstić information content (AvgIpc) is 2.89. The second kappa shape index (κ2) is 5.01. The normalized spacial score (nSPS) is 12.5. The maximum Gasteiger partial charge on any atom is 0.335 e. The first kappa shape index (κ1) is 13.3. The molecule has 0 radical (unpaired) electrons. The molecule has 0 saturated carbocycles. The van der Waals surface area contributed by atoms with Gasteiger partial charge < -0.3 is 9.67 Å². The van der Waals surface area contributed by atoms with Gasteiger partial charge in [0, 0.05) is 0 Å². The predicted molar refractivity (Wildman–Crippen MR) is 76.9 cm³/mol. The maximum absolute atomic E-state index is 13.3. The summed E-state index contributed by atoms with van der Waals surface area (Å²) in [5, 5.41) is 8.99. The van der Waals surface area contributed by atoms with Crippen LogP contribution in [0.25, 0.3) is 11.0 Å². The van der Waals surface area contributed by atoms with Crippen molar-refractivity contribution in [1.82, 2.24) is 9.55 Å². The SMILES string of the molecule is CC(c1cccc(F)c1)n1cnc2cc(C(=O)O)ccc21. The minimum Gasteiger partial charge on any atom is -0.478 e. The summed E-state index contributed by atoms with van der Waals surface area (Å²) in [5.41, 5.74) is 2.46. The highest BCUT2D eigenvalue weighted by atomic mass is 19.1. The van der Waals surface area contributed by atoms with Crippen LogP contribution in [0.5, 0.6) is 0 Å². The Balaban J connectivity index is 2.06. The number of rotatable bonds is 3. The fourth-order valence-corrected chi connectivity index (χ4v) is 2.40. The predicted octanol–water partition coefficient (Wildman–Crippen LogP) is 3.48. The summed E-state index contributed by atoms with van der Waals surface area (Å²) in [6.07, 6.45) is 1.64. The zero-order chi connectivity index (χ0) is 15.0. The number of carboxylic acids is 1. The number of aromatic carboxylic acids is 1. The number of nitrogens with zero attached hydrogens (tertiary/aromatic N) is 2. The smallest absolute Gasteiger partial charge is 0.335 e. The molecule has 3 rings (SSSR count). The van der Waals surface area contributed by atoms with Crippen LogP contribution >= 0.6 is 0 Å². The standard InChI is InChI=1S/C16H13FN2O2/c1-10(11-3-2-4-13(17)7-11)19-9-18-14-8-12(16(20)21)5-6-15(14)19/h2-10H,1H3,(H,20,21). The van der Waals surface area contributed by atoms with Crippen LogP contribution < -0.4 is 0 Å². The van der Waals surface area contributed by atoms with E-state index in [4.69, 9.17) is 5.11 Å². The van der Waals surface area contributed by atoms with Crippen molar-refractivity contribution in [1.29, 1.82) is 0 Å². The Kier molecular flexibility index (Phi) is 3.17. The van der Waals surface area contributed by atoms with Crippen LogP contribution in [0.15, 0.2) is 48.8 Å². The van der Waals surface area contributed by atoms with Crippen molar-refractivity contribution in [2.75, 3.05) is 0 Å². The van der Waals surface area contributed by atoms with E-state index in [1.54, 1.807) is 24.5 Å². The lowest BCUT2D eigenvalue weighted by Crippen LogP contribution is -2.05. The molecule has 0 aliphatic heterocycles. The third-order valence-corrected chi connectivity index (χ3v) is 3.57. The topological polar surface area (TPSA) is 55.1 Å². The first-order chi connectivity index (χ1) is 10.1. The second-order valence-electron chi connectivity index (χ2n) is 4.89. The largest absolute Gasteiger partial charge is 0.478 e. The number of carboxylic acid groups (broad SMARTS) is 1. The third kappa shape index (κ3) is 2.38. The van der Waals surface area contributed by atoms with Crippen LogP contribution in [0.1, 0.15) is 28.9 Å². The number of benzene rings is 2. The molecule has 2 aromatic carbocycles. The molecule has 106 valence electrons. The number of imidazole rings is 1. The lowest BCUT2D eigenvalue weighted by Gasteiger charge is -2.15. The molecule has 1 heterocycles. The van der Waals surface area contributed by atoms with E-state index in [2.05, 4.69) is 4.98 Å². The first-order valence-corrected chi connectivity index (χ1v) is 6.51. The second-order valence-corrected chi connectivity index (χ2v) is 4.89. The van der Waals surface area contributed by atoms with Crippen LogP contribution in [-0.2, 0) is 0 Å². The van der Waals surface area contributed by atoms with Gasteiger partial charge in [-0.25, -0.2) is 14.2 Å². The monoisotopic (exact) mass is 284 g/mol. The van der Waals surface area contributed by atoms with Crippen molar-refractivity contribution in [3.8, 4) is 0 Å². The maximum atomic E-state index is 13.3. The summed E-state index contributed by atoms with van der Waals surface area (Å²) in [5.74, 6) is -1.26. The van der Waals surface area contributed by atoms with E-state index >= 15 is 0 Å². The zero-order valence-corrected chi connectivity index (χ0v) is 11.3. The highest BCUT2D eigenvalue weighted by molar-refractivity contribution is 5.92. The molecule has 0 amide bonds. The Labute approximate surface area is 120 Å². The molecule has 0 aliphatic carbocycles. The summed E-state index contributed by atoms with van der Waals surface area (Å²) < 4.78 is 15.2. The summed E-state index contributed by atoms with van der Waals surface area (Å²) in [6.45, 7) is 1.95. The van der Waals surface area contributed by atoms with Crippen LogP contribution in [0.3, 0.4) is 0 Å². The number of carbonyl (C=O) groups is 1. The van der Waals surface area contributed by atoms with E-state index in [1.807, 2.05) is 17.6 Å². The molecule has 21 heavy (non-hydrogen) atoms. The van der Waals surface area contributed by atoms with Crippen molar-refractivity contribution in [2.24, 2.45) is 0 Å². The number of fused-ring (bicyclic) bond motifs is 1. The van der Waals surface area contributed by atoms with Crippen molar-refractivity contribution >= 4 is 17.0 Å². The van der Waals surface area contributed by atoms with Gasteiger partial charge in [0.15, 0.2) is 0 Å². The average molecular weight is 284 g/mol. The molecule has 0 spiro atoms. The molecular weight excluding hydrogens is 271 g/mol. The van der Waals surface area contributed by atoms with Crippen LogP contribution in [0, 0.1) is 5.82 Å². The molecule has 0 bridgehead atoms. The molecule has 0 fully saturated rings. The number of halogens is 1. The highest BCUT2D eigenvalue weighted by Gasteiger charge is 2.13. The Morgan fingerprint density at radius 3 is 2.81 bits per heavy atom. The fraction of sp³-hybridized carbons (Fsp3) is 0.125. The van der Waals surface area contributed by atoms with Crippen molar-refractivity contribution < 1.29 is 14.3 Å². The van der Waals surface area contributed by atoms with Crippen molar-refractivity contribution in [3.05, 3.63) is 65.7 Å². The summed E-state index contributed by atoms with van der Waals surface area (Å²) in [7, 11) is 0. The van der Waals surface area contributed by atoms with Gasteiger partial charge in [0.25, 0.3) is 0 Å². The molecule has 3 aromatic rings. The van der Waals surface area contributed by atoms with E-state index in [0.29, 0.717) is 5.52 Å². The van der Waals surface area contributed by atoms with Crippen molar-refractivity contribution in [3.63, 3.8) is 0 Å². The zero-order valence-electron chi connectivity index (χ0n) is 11.3. The molecule has 1 aromatic heterocycles. The summed E-state index contributed by atoms with van der Waals surface area (Å²) in [4.78, 5) is 15.2. The highest BCUT2D eigenvalue weighted by Crippen LogP contribution is 2.24. The molecule has 5 heteroatoms. The van der Waals surface area contributed by atoms with Gasteiger partial charge in [-0.05, 0) is 42.8 Å². The molecular formula is C16H13FN2O2. The summed E-state index contributed by atoms with van der Waals surface area (Å²) in [6, 6.07) is 11.1. The molecule has 1 atom stereocenters. The minimum absolute atomic E-state index is 0.0959. The van der Waals surface area contributed by atoms with Gasteiger partial charge in [-0.1, -0.05) is 12.1 Å². The van der Waals surface area contributed by atoms with Crippen LogP contribution in [-0.4, -0.2) is 20.6 Å².